The molecule has 0 radical (unpaired) electrons. The third-order valence-corrected chi connectivity index (χ3v) is 12.8. The zero-order valence-corrected chi connectivity index (χ0v) is 19.7. The minimum Gasteiger partial charge on any atom is -0.414 e. The van der Waals surface area contributed by atoms with Crippen LogP contribution in [0.15, 0.2) is 0 Å². The molecule has 0 aliphatic heterocycles. The van der Waals surface area contributed by atoms with Gasteiger partial charge >= 0.3 is 0 Å². The lowest BCUT2D eigenvalue weighted by atomic mass is 9.61. The maximum atomic E-state index is 6.95. The van der Waals surface area contributed by atoms with Crippen LogP contribution in [0.2, 0.25) is 18.1 Å². The summed E-state index contributed by atoms with van der Waals surface area (Å²) < 4.78 is 8.25. The molecule has 0 bridgehead atoms. The normalized spacial score (nSPS) is 36.8. The van der Waals surface area contributed by atoms with Gasteiger partial charge in [-0.25, -0.2) is 0 Å². The van der Waals surface area contributed by atoms with Crippen LogP contribution >= 0.6 is 22.6 Å². The van der Waals surface area contributed by atoms with E-state index in [1.165, 1.54) is 43.0 Å². The summed E-state index contributed by atoms with van der Waals surface area (Å²) in [5.74, 6) is 2.62. The van der Waals surface area contributed by atoms with Gasteiger partial charge in [0.2, 0.25) is 0 Å². The molecule has 0 N–H and O–H groups in total. The summed E-state index contributed by atoms with van der Waals surface area (Å²) in [6.45, 7) is 17.1. The largest absolute Gasteiger partial charge is 0.414 e. The molecule has 5 atom stereocenters. The Kier molecular flexibility index (Phi) is 6.39. The number of hydrogen-bond acceptors (Lipinski definition) is 1. The molecule has 2 rings (SSSR count). The lowest BCUT2D eigenvalue weighted by molar-refractivity contribution is -0.0204. The zero-order chi connectivity index (χ0) is 17.5. The monoisotopic (exact) mass is 450 g/mol. The van der Waals surface area contributed by atoms with Crippen LogP contribution in [0.25, 0.3) is 0 Å². The fourth-order valence-corrected chi connectivity index (χ4v) is 7.54. The van der Waals surface area contributed by atoms with Gasteiger partial charge in [0, 0.05) is 6.10 Å². The van der Waals surface area contributed by atoms with Crippen LogP contribution in [0.4, 0.5) is 0 Å². The van der Waals surface area contributed by atoms with E-state index in [9.17, 15) is 0 Å². The van der Waals surface area contributed by atoms with E-state index in [2.05, 4.69) is 70.3 Å². The van der Waals surface area contributed by atoms with E-state index in [-0.39, 0.29) is 0 Å². The topological polar surface area (TPSA) is 9.23 Å². The Morgan fingerprint density at radius 3 is 2.43 bits per heavy atom. The van der Waals surface area contributed by atoms with E-state index < -0.39 is 8.32 Å². The summed E-state index contributed by atoms with van der Waals surface area (Å²) in [5.41, 5.74) is 0.538. The Balaban J connectivity index is 2.15. The van der Waals surface area contributed by atoms with E-state index in [1.807, 2.05) is 0 Å². The second kappa shape index (κ2) is 7.26. The van der Waals surface area contributed by atoms with Crippen LogP contribution in [0, 0.1) is 23.2 Å². The van der Waals surface area contributed by atoms with Gasteiger partial charge in [0.15, 0.2) is 8.32 Å². The van der Waals surface area contributed by atoms with Crippen molar-refractivity contribution >= 4 is 30.9 Å². The molecule has 0 heterocycles. The molecule has 2 aliphatic carbocycles. The van der Waals surface area contributed by atoms with Gasteiger partial charge in [-0.2, -0.15) is 0 Å². The van der Waals surface area contributed by atoms with E-state index in [0.29, 0.717) is 16.6 Å². The van der Waals surface area contributed by atoms with Gasteiger partial charge < -0.3 is 4.43 Å². The summed E-state index contributed by atoms with van der Waals surface area (Å²) in [6, 6.07) is 0. The third-order valence-electron chi connectivity index (χ3n) is 7.64. The molecule has 3 heteroatoms. The fourth-order valence-electron chi connectivity index (χ4n) is 5.16. The molecule has 136 valence electrons. The molecule has 2 saturated carbocycles. The molecular weight excluding hydrogens is 411 g/mol. The molecule has 1 nitrogen and oxygen atoms in total. The molecule has 0 spiro atoms. The van der Waals surface area contributed by atoms with Crippen molar-refractivity contribution in [3.8, 4) is 0 Å². The van der Waals surface area contributed by atoms with Crippen molar-refractivity contribution in [1.82, 2.24) is 0 Å². The van der Waals surface area contributed by atoms with Crippen LogP contribution in [-0.2, 0) is 4.43 Å². The van der Waals surface area contributed by atoms with E-state index in [4.69, 9.17) is 4.43 Å². The van der Waals surface area contributed by atoms with Crippen molar-refractivity contribution in [2.24, 2.45) is 23.2 Å². The van der Waals surface area contributed by atoms with E-state index in [0.717, 1.165) is 17.8 Å². The molecule has 0 aromatic heterocycles. The lowest BCUT2D eigenvalue weighted by Gasteiger charge is -2.50. The summed E-state index contributed by atoms with van der Waals surface area (Å²) in [4.78, 5) is 0. The average Bonchev–Trinajstić information content (AvgIpc) is 2.75. The second-order valence-corrected chi connectivity index (χ2v) is 15.9. The smallest absolute Gasteiger partial charge is 0.192 e. The Morgan fingerprint density at radius 2 is 1.87 bits per heavy atom. The summed E-state index contributed by atoms with van der Waals surface area (Å²) in [7, 11) is -1.65. The maximum absolute atomic E-state index is 6.95. The molecule has 0 aromatic carbocycles. The Labute approximate surface area is 160 Å². The highest BCUT2D eigenvalue weighted by molar-refractivity contribution is 14.1. The van der Waals surface area contributed by atoms with Gasteiger partial charge in [0.1, 0.15) is 0 Å². The van der Waals surface area contributed by atoms with Gasteiger partial charge in [-0.1, -0.05) is 63.6 Å². The molecule has 0 amide bonds. The third kappa shape index (κ3) is 4.02. The predicted molar refractivity (Wildman–Crippen MR) is 113 cm³/mol. The van der Waals surface area contributed by atoms with Crippen molar-refractivity contribution in [3.05, 3.63) is 0 Å². The van der Waals surface area contributed by atoms with Crippen LogP contribution < -0.4 is 0 Å². The van der Waals surface area contributed by atoms with Crippen LogP contribution in [-0.4, -0.2) is 18.8 Å². The molecule has 2 aliphatic rings. The summed E-state index contributed by atoms with van der Waals surface area (Å²) in [6.07, 6.45) is 8.89. The number of fused-ring (bicyclic) bond motifs is 1. The number of alkyl halides is 1. The SMILES string of the molecule is C[C@H](CCI)[C@H]1CC[C@H]2C(O[Si](C)(C)C(C)(C)C)CCC[C@]12C. The van der Waals surface area contributed by atoms with Gasteiger partial charge in [-0.15, -0.1) is 0 Å². The molecule has 2 fully saturated rings. The van der Waals surface area contributed by atoms with Crippen molar-refractivity contribution in [3.63, 3.8) is 0 Å². The second-order valence-electron chi connectivity index (χ2n) is 10.1. The minimum atomic E-state index is -1.65. The van der Waals surface area contributed by atoms with Crippen LogP contribution in [0.1, 0.15) is 73.1 Å². The van der Waals surface area contributed by atoms with Crippen molar-refractivity contribution in [2.45, 2.75) is 97.4 Å². The minimum absolute atomic E-state index is 0.327. The highest BCUT2D eigenvalue weighted by Crippen LogP contribution is 2.59. The van der Waals surface area contributed by atoms with Crippen molar-refractivity contribution < 1.29 is 4.43 Å². The van der Waals surface area contributed by atoms with Gasteiger partial charge in [-0.3, -0.25) is 0 Å². The zero-order valence-electron chi connectivity index (χ0n) is 16.5. The van der Waals surface area contributed by atoms with E-state index in [1.54, 1.807) is 0 Å². The Bertz CT molecular complexity index is 403. The summed E-state index contributed by atoms with van der Waals surface area (Å²) >= 11 is 2.55. The number of rotatable bonds is 5. The Morgan fingerprint density at radius 1 is 1.22 bits per heavy atom. The summed E-state index contributed by atoms with van der Waals surface area (Å²) in [5, 5.41) is 0.327. The van der Waals surface area contributed by atoms with Crippen molar-refractivity contribution in [1.29, 1.82) is 0 Å². The highest BCUT2D eigenvalue weighted by atomic mass is 127. The van der Waals surface area contributed by atoms with E-state index >= 15 is 0 Å². The average molecular weight is 451 g/mol. The molecule has 0 saturated heterocycles. The highest BCUT2D eigenvalue weighted by Gasteiger charge is 2.54. The lowest BCUT2D eigenvalue weighted by Crippen LogP contribution is -2.50. The number of halogens is 1. The van der Waals surface area contributed by atoms with Crippen molar-refractivity contribution in [2.75, 3.05) is 4.43 Å². The van der Waals surface area contributed by atoms with Gasteiger partial charge in [0.25, 0.3) is 0 Å². The first-order valence-electron chi connectivity index (χ1n) is 9.77. The van der Waals surface area contributed by atoms with Gasteiger partial charge in [-0.05, 0) is 77.8 Å². The fraction of sp³-hybridized carbons (Fsp3) is 1.00. The van der Waals surface area contributed by atoms with Crippen LogP contribution in [0.3, 0.4) is 0 Å². The van der Waals surface area contributed by atoms with Crippen LogP contribution in [0.5, 0.6) is 0 Å². The number of hydrogen-bond donors (Lipinski definition) is 0. The first kappa shape index (κ1) is 20.2. The quantitative estimate of drug-likeness (QED) is 0.248. The first-order chi connectivity index (χ1) is 10.5. The predicted octanol–water partition coefficient (Wildman–Crippen LogP) is 7.05. The first-order valence-corrected chi connectivity index (χ1v) is 14.2. The Hall–Kier alpha value is 0.907. The maximum Gasteiger partial charge on any atom is 0.192 e. The molecule has 23 heavy (non-hydrogen) atoms. The standard InChI is InChI=1S/C20H39IOSi/c1-15(12-14-21)16-10-11-17-18(9-8-13-20(16,17)5)22-23(6,7)19(2,3)4/h15-18H,8-14H2,1-7H3/t15-,16-,17+,18?,20-/m1/s1. The molecule has 0 aromatic rings. The molecule has 1 unspecified atom stereocenters. The molecular formula is C20H39IOSi. The van der Waals surface area contributed by atoms with Gasteiger partial charge in [0.05, 0.1) is 0 Å².